The Hall–Kier alpha value is -2.36. The van der Waals surface area contributed by atoms with Gasteiger partial charge < -0.3 is 9.88 Å². The summed E-state index contributed by atoms with van der Waals surface area (Å²) >= 11 is 0. The molecule has 3 rings (SSSR count). The number of unbranched alkanes of at least 4 members (excludes halogenated alkanes) is 1. The van der Waals surface area contributed by atoms with E-state index in [2.05, 4.69) is 53.8 Å². The van der Waals surface area contributed by atoms with Crippen molar-refractivity contribution in [2.24, 2.45) is 5.92 Å². The Morgan fingerprint density at radius 2 is 1.96 bits per heavy atom. The first-order chi connectivity index (χ1) is 11.6. The van der Waals surface area contributed by atoms with E-state index >= 15 is 0 Å². The Labute approximate surface area is 143 Å². The molecule has 0 aliphatic rings. The second kappa shape index (κ2) is 7.47. The van der Waals surface area contributed by atoms with Gasteiger partial charge in [0.2, 0.25) is 5.95 Å². The molecule has 1 aromatic carbocycles. The van der Waals surface area contributed by atoms with Crippen LogP contribution in [0.25, 0.3) is 11.0 Å². The number of pyridine rings is 1. The summed E-state index contributed by atoms with van der Waals surface area (Å²) in [6.45, 7) is 7.69. The molecular formula is C20H26N4. The lowest BCUT2D eigenvalue weighted by Gasteiger charge is -2.12. The molecule has 4 nitrogen and oxygen atoms in total. The number of anilines is 2. The number of benzene rings is 1. The van der Waals surface area contributed by atoms with E-state index in [4.69, 9.17) is 4.98 Å². The summed E-state index contributed by atoms with van der Waals surface area (Å²) in [6.07, 6.45) is 5.47. The molecule has 4 heteroatoms. The molecule has 0 saturated heterocycles. The molecule has 2 aromatic heterocycles. The van der Waals surface area contributed by atoms with Crippen LogP contribution in [0.4, 0.5) is 11.8 Å². The van der Waals surface area contributed by atoms with E-state index in [1.807, 2.05) is 18.2 Å². The highest BCUT2D eigenvalue weighted by Gasteiger charge is 2.13. The van der Waals surface area contributed by atoms with Gasteiger partial charge in [-0.2, -0.15) is 0 Å². The first-order valence-corrected chi connectivity index (χ1v) is 8.79. The maximum atomic E-state index is 4.79. The number of imidazole rings is 1. The van der Waals surface area contributed by atoms with Crippen molar-refractivity contribution in [2.45, 2.75) is 46.6 Å². The fraction of sp³-hybridized carbons (Fsp3) is 0.400. The van der Waals surface area contributed by atoms with Gasteiger partial charge in [-0.1, -0.05) is 44.9 Å². The molecule has 0 unspecified atom stereocenters. The van der Waals surface area contributed by atoms with E-state index in [1.165, 1.54) is 23.9 Å². The maximum Gasteiger partial charge on any atom is 0.209 e. The van der Waals surface area contributed by atoms with Crippen molar-refractivity contribution in [3.8, 4) is 0 Å². The van der Waals surface area contributed by atoms with Crippen LogP contribution >= 0.6 is 0 Å². The summed E-state index contributed by atoms with van der Waals surface area (Å²) in [4.78, 5) is 9.16. The summed E-state index contributed by atoms with van der Waals surface area (Å²) in [7, 11) is 0. The van der Waals surface area contributed by atoms with Crippen molar-refractivity contribution < 1.29 is 0 Å². The zero-order chi connectivity index (χ0) is 16.9. The number of para-hydroxylation sites is 1. The molecule has 0 fully saturated rings. The van der Waals surface area contributed by atoms with E-state index in [0.717, 1.165) is 36.2 Å². The highest BCUT2D eigenvalue weighted by molar-refractivity contribution is 5.82. The standard InChI is InChI=1S/C20H26N4/c1-15(2)9-5-7-14-24-19-16(3)10-8-11-17(19)22-20(24)23-18-12-4-6-13-21-18/h4,6,8,10-13,15H,5,7,9,14H2,1-3H3,(H,21,22,23). The topological polar surface area (TPSA) is 42.7 Å². The molecule has 0 aliphatic heterocycles. The normalized spacial score (nSPS) is 11.3. The first kappa shape index (κ1) is 16.5. The van der Waals surface area contributed by atoms with E-state index < -0.39 is 0 Å². The molecule has 0 radical (unpaired) electrons. The van der Waals surface area contributed by atoms with Crippen molar-refractivity contribution in [3.05, 3.63) is 48.2 Å². The minimum atomic E-state index is 0.761. The van der Waals surface area contributed by atoms with Crippen LogP contribution in [-0.4, -0.2) is 14.5 Å². The smallest absolute Gasteiger partial charge is 0.209 e. The van der Waals surface area contributed by atoms with Gasteiger partial charge in [-0.05, 0) is 43.0 Å². The van der Waals surface area contributed by atoms with Crippen molar-refractivity contribution in [1.29, 1.82) is 0 Å². The van der Waals surface area contributed by atoms with E-state index in [-0.39, 0.29) is 0 Å². The fourth-order valence-electron chi connectivity index (χ4n) is 3.05. The average Bonchev–Trinajstić information content (AvgIpc) is 2.91. The molecule has 0 atom stereocenters. The first-order valence-electron chi connectivity index (χ1n) is 8.79. The van der Waals surface area contributed by atoms with Gasteiger partial charge in [0.15, 0.2) is 0 Å². The third kappa shape index (κ3) is 3.75. The van der Waals surface area contributed by atoms with Crippen LogP contribution in [0.1, 0.15) is 38.7 Å². The molecule has 0 saturated carbocycles. The number of hydrogen-bond acceptors (Lipinski definition) is 3. The zero-order valence-electron chi connectivity index (χ0n) is 14.8. The van der Waals surface area contributed by atoms with Crippen molar-refractivity contribution in [3.63, 3.8) is 0 Å². The van der Waals surface area contributed by atoms with Crippen LogP contribution < -0.4 is 5.32 Å². The zero-order valence-corrected chi connectivity index (χ0v) is 14.8. The van der Waals surface area contributed by atoms with Crippen molar-refractivity contribution in [2.75, 3.05) is 5.32 Å². The minimum Gasteiger partial charge on any atom is -0.310 e. The Morgan fingerprint density at radius 1 is 1.08 bits per heavy atom. The molecule has 0 aliphatic carbocycles. The van der Waals surface area contributed by atoms with Gasteiger partial charge in [0, 0.05) is 12.7 Å². The largest absolute Gasteiger partial charge is 0.310 e. The number of aromatic nitrogens is 3. The van der Waals surface area contributed by atoms with Gasteiger partial charge >= 0.3 is 0 Å². The van der Waals surface area contributed by atoms with Gasteiger partial charge in [0.1, 0.15) is 5.82 Å². The second-order valence-corrected chi connectivity index (χ2v) is 6.76. The Kier molecular flexibility index (Phi) is 5.14. The van der Waals surface area contributed by atoms with Crippen molar-refractivity contribution in [1.82, 2.24) is 14.5 Å². The second-order valence-electron chi connectivity index (χ2n) is 6.76. The Morgan fingerprint density at radius 3 is 2.71 bits per heavy atom. The average molecular weight is 322 g/mol. The number of aryl methyl sites for hydroxylation is 2. The fourth-order valence-corrected chi connectivity index (χ4v) is 3.05. The van der Waals surface area contributed by atoms with Crippen LogP contribution in [0.5, 0.6) is 0 Å². The van der Waals surface area contributed by atoms with Crippen LogP contribution in [0.2, 0.25) is 0 Å². The Balaban J connectivity index is 1.89. The maximum absolute atomic E-state index is 4.79. The Bertz CT molecular complexity index is 790. The van der Waals surface area contributed by atoms with Gasteiger partial charge in [0.25, 0.3) is 0 Å². The summed E-state index contributed by atoms with van der Waals surface area (Å²) in [5.74, 6) is 2.47. The summed E-state index contributed by atoms with van der Waals surface area (Å²) in [5.41, 5.74) is 3.52. The monoisotopic (exact) mass is 322 g/mol. The lowest BCUT2D eigenvalue weighted by molar-refractivity contribution is 0.514. The molecule has 2 heterocycles. The molecule has 126 valence electrons. The lowest BCUT2D eigenvalue weighted by atomic mass is 10.1. The quantitative estimate of drug-likeness (QED) is 0.599. The molecule has 0 amide bonds. The number of nitrogens with one attached hydrogen (secondary N) is 1. The van der Waals surface area contributed by atoms with Gasteiger partial charge in [-0.25, -0.2) is 9.97 Å². The molecule has 0 spiro atoms. The van der Waals surface area contributed by atoms with E-state index in [0.29, 0.717) is 0 Å². The predicted octanol–water partition coefficient (Wildman–Crippen LogP) is 5.31. The molecular weight excluding hydrogens is 296 g/mol. The third-order valence-corrected chi connectivity index (χ3v) is 4.29. The lowest BCUT2D eigenvalue weighted by Crippen LogP contribution is -2.06. The highest BCUT2D eigenvalue weighted by atomic mass is 15.2. The van der Waals surface area contributed by atoms with Crippen LogP contribution in [0.3, 0.4) is 0 Å². The van der Waals surface area contributed by atoms with Gasteiger partial charge in [-0.3, -0.25) is 0 Å². The van der Waals surface area contributed by atoms with E-state index in [9.17, 15) is 0 Å². The summed E-state index contributed by atoms with van der Waals surface area (Å²) in [5, 5.41) is 3.38. The third-order valence-electron chi connectivity index (χ3n) is 4.29. The number of hydrogen-bond donors (Lipinski definition) is 1. The minimum absolute atomic E-state index is 0.761. The SMILES string of the molecule is Cc1cccc2nc(Nc3ccccn3)n(CCCCC(C)C)c12. The van der Waals surface area contributed by atoms with Crippen LogP contribution in [0.15, 0.2) is 42.6 Å². The summed E-state index contributed by atoms with van der Waals surface area (Å²) < 4.78 is 2.31. The van der Waals surface area contributed by atoms with Crippen LogP contribution in [0, 0.1) is 12.8 Å². The molecule has 24 heavy (non-hydrogen) atoms. The van der Waals surface area contributed by atoms with Crippen LogP contribution in [-0.2, 0) is 6.54 Å². The van der Waals surface area contributed by atoms with Crippen molar-refractivity contribution >= 4 is 22.8 Å². The van der Waals surface area contributed by atoms with Gasteiger partial charge in [0.05, 0.1) is 11.0 Å². The molecule has 0 bridgehead atoms. The predicted molar refractivity (Wildman–Crippen MR) is 101 cm³/mol. The molecule has 3 aromatic rings. The highest BCUT2D eigenvalue weighted by Crippen LogP contribution is 2.25. The van der Waals surface area contributed by atoms with E-state index in [1.54, 1.807) is 6.20 Å². The molecule has 1 N–H and O–H groups in total. The number of nitrogens with zero attached hydrogens (tertiary/aromatic N) is 3. The number of fused-ring (bicyclic) bond motifs is 1. The number of rotatable bonds is 7. The summed E-state index contributed by atoms with van der Waals surface area (Å²) in [6, 6.07) is 12.2. The van der Waals surface area contributed by atoms with Gasteiger partial charge in [-0.15, -0.1) is 0 Å².